The monoisotopic (exact) mass is 325 g/mol. The van der Waals surface area contributed by atoms with E-state index in [2.05, 4.69) is 5.32 Å². The van der Waals surface area contributed by atoms with Crippen molar-refractivity contribution < 1.29 is 9.00 Å². The summed E-state index contributed by atoms with van der Waals surface area (Å²) in [6.45, 7) is 4.50. The van der Waals surface area contributed by atoms with E-state index in [1.54, 1.807) is 11.8 Å². The van der Waals surface area contributed by atoms with Gasteiger partial charge >= 0.3 is 0 Å². The zero-order valence-corrected chi connectivity index (χ0v) is 14.3. The molecule has 1 fully saturated rings. The van der Waals surface area contributed by atoms with Crippen LogP contribution in [0.1, 0.15) is 26.7 Å². The van der Waals surface area contributed by atoms with Crippen molar-refractivity contribution in [1.29, 1.82) is 0 Å². The summed E-state index contributed by atoms with van der Waals surface area (Å²) in [7, 11) is -1.05. The molecule has 1 aliphatic heterocycles. The highest BCUT2D eigenvalue weighted by atomic mass is 32.2. The van der Waals surface area contributed by atoms with Crippen LogP contribution in [0.3, 0.4) is 0 Å². The zero-order valence-electron chi connectivity index (χ0n) is 12.6. The average molecular weight is 325 g/mol. The summed E-state index contributed by atoms with van der Waals surface area (Å²) in [6.07, 6.45) is 1.60. The molecule has 1 aromatic carbocycles. The van der Waals surface area contributed by atoms with Gasteiger partial charge in [0, 0.05) is 34.7 Å². The molecule has 116 valence electrons. The number of rotatable bonds is 6. The van der Waals surface area contributed by atoms with Crippen molar-refractivity contribution in [3.05, 3.63) is 30.3 Å². The molecule has 3 atom stereocenters. The number of carbonyl (C=O) groups is 1. The molecule has 5 heteroatoms. The zero-order chi connectivity index (χ0) is 15.3. The number of thioether (sulfide) groups is 1. The Balaban J connectivity index is 2.02. The number of nitrogens with one attached hydrogen (secondary N) is 1. The van der Waals surface area contributed by atoms with Crippen molar-refractivity contribution >= 4 is 34.0 Å². The molecule has 21 heavy (non-hydrogen) atoms. The predicted octanol–water partition coefficient (Wildman–Crippen LogP) is 3.30. The van der Waals surface area contributed by atoms with E-state index in [-0.39, 0.29) is 11.7 Å². The van der Waals surface area contributed by atoms with E-state index in [4.69, 9.17) is 0 Å². The summed E-state index contributed by atoms with van der Waals surface area (Å²) in [6, 6.07) is 9.87. The van der Waals surface area contributed by atoms with Gasteiger partial charge in [-0.1, -0.05) is 32.0 Å². The van der Waals surface area contributed by atoms with Gasteiger partial charge in [0.1, 0.15) is 4.08 Å². The topological polar surface area (TPSA) is 46.2 Å². The third kappa shape index (κ3) is 3.69. The van der Waals surface area contributed by atoms with Crippen LogP contribution in [0, 0.1) is 5.92 Å². The van der Waals surface area contributed by atoms with Crippen molar-refractivity contribution in [1.82, 2.24) is 0 Å². The van der Waals surface area contributed by atoms with Crippen LogP contribution in [0.2, 0.25) is 0 Å². The Kier molecular flexibility index (Phi) is 5.88. The molecule has 0 spiro atoms. The minimum absolute atomic E-state index is 0.136. The van der Waals surface area contributed by atoms with Gasteiger partial charge < -0.3 is 5.32 Å². The Hall–Kier alpha value is -0.810. The standard InChI is InChI=1S/C16H23NO2S2/c1-3-16(20-10-7-11-21(16)19)15(18)13(2)12-17-14-8-5-4-6-9-14/h4-6,8-9,13,17H,3,7,10-12H2,1-2H3/t13-,16+,21-/m0/s1. The van der Waals surface area contributed by atoms with Gasteiger partial charge in [0.2, 0.25) is 0 Å². The van der Waals surface area contributed by atoms with E-state index < -0.39 is 14.9 Å². The third-order valence-electron chi connectivity index (χ3n) is 3.85. The highest BCUT2D eigenvalue weighted by Crippen LogP contribution is 2.40. The Morgan fingerprint density at radius 1 is 1.43 bits per heavy atom. The highest BCUT2D eigenvalue weighted by molar-refractivity contribution is 8.14. The van der Waals surface area contributed by atoms with E-state index in [9.17, 15) is 9.00 Å². The lowest BCUT2D eigenvalue weighted by Gasteiger charge is -2.35. The van der Waals surface area contributed by atoms with Gasteiger partial charge in [-0.25, -0.2) is 0 Å². The average Bonchev–Trinajstić information content (AvgIpc) is 2.53. The molecule has 1 aromatic rings. The van der Waals surface area contributed by atoms with Crippen LogP contribution >= 0.6 is 11.8 Å². The molecule has 0 aliphatic carbocycles. The predicted molar refractivity (Wildman–Crippen MR) is 92.2 cm³/mol. The summed E-state index contributed by atoms with van der Waals surface area (Å²) in [5, 5.41) is 3.29. The van der Waals surface area contributed by atoms with Gasteiger partial charge in [-0.05, 0) is 30.7 Å². The number of hydrogen-bond acceptors (Lipinski definition) is 4. The first kappa shape index (κ1) is 16.6. The van der Waals surface area contributed by atoms with Crippen LogP contribution in [0.15, 0.2) is 30.3 Å². The fourth-order valence-electron chi connectivity index (χ4n) is 2.57. The van der Waals surface area contributed by atoms with E-state index in [1.807, 2.05) is 44.2 Å². The second kappa shape index (κ2) is 7.45. The van der Waals surface area contributed by atoms with Crippen LogP contribution in [-0.4, -0.2) is 32.1 Å². The number of hydrogen-bond donors (Lipinski definition) is 1. The molecule has 1 aliphatic rings. The smallest absolute Gasteiger partial charge is 0.166 e. The van der Waals surface area contributed by atoms with Crippen molar-refractivity contribution in [3.8, 4) is 0 Å². The third-order valence-corrected chi connectivity index (χ3v) is 8.10. The number of Topliss-reactive ketones (excluding diaryl/α,β-unsaturated/α-hetero) is 1. The molecule has 1 heterocycles. The Morgan fingerprint density at radius 3 is 2.76 bits per heavy atom. The molecule has 2 rings (SSSR count). The normalized spacial score (nSPS) is 27.0. The van der Waals surface area contributed by atoms with E-state index >= 15 is 0 Å². The van der Waals surface area contributed by atoms with E-state index in [0.29, 0.717) is 18.7 Å². The maximum atomic E-state index is 12.8. The van der Waals surface area contributed by atoms with Gasteiger partial charge in [0.25, 0.3) is 0 Å². The van der Waals surface area contributed by atoms with E-state index in [1.165, 1.54) is 0 Å². The molecule has 0 radical (unpaired) electrons. The SMILES string of the molecule is CC[C@@]1(C(=O)[C@@H](C)CNc2ccccc2)SCCC[S@@]1=O. The second-order valence-electron chi connectivity index (χ2n) is 5.37. The van der Waals surface area contributed by atoms with E-state index in [0.717, 1.165) is 17.9 Å². The molecule has 0 unspecified atom stereocenters. The molecular formula is C16H23NO2S2. The summed E-state index contributed by atoms with van der Waals surface area (Å²) in [5.74, 6) is 1.59. The molecule has 1 saturated heterocycles. The fraction of sp³-hybridized carbons (Fsp3) is 0.562. The molecule has 3 nitrogen and oxygen atoms in total. The maximum Gasteiger partial charge on any atom is 0.166 e. The summed E-state index contributed by atoms with van der Waals surface area (Å²) in [5.41, 5.74) is 1.01. The largest absolute Gasteiger partial charge is 0.384 e. The van der Waals surface area contributed by atoms with Crippen molar-refractivity contribution in [2.45, 2.75) is 30.8 Å². The lowest BCUT2D eigenvalue weighted by molar-refractivity contribution is -0.122. The Morgan fingerprint density at radius 2 is 2.14 bits per heavy atom. The van der Waals surface area contributed by atoms with Gasteiger partial charge in [0.15, 0.2) is 5.78 Å². The summed E-state index contributed by atoms with van der Waals surface area (Å²) < 4.78 is 11.7. The Labute approximate surface area is 133 Å². The van der Waals surface area contributed by atoms with Gasteiger partial charge in [-0.2, -0.15) is 0 Å². The minimum Gasteiger partial charge on any atom is -0.384 e. The lowest BCUT2D eigenvalue weighted by Crippen LogP contribution is -2.47. The van der Waals surface area contributed by atoms with Crippen LogP contribution in [-0.2, 0) is 15.6 Å². The molecule has 0 bridgehead atoms. The van der Waals surface area contributed by atoms with Crippen LogP contribution in [0.4, 0.5) is 5.69 Å². The number of benzene rings is 1. The van der Waals surface area contributed by atoms with Crippen molar-refractivity contribution in [3.63, 3.8) is 0 Å². The summed E-state index contributed by atoms with van der Waals surface area (Å²) >= 11 is 1.60. The summed E-state index contributed by atoms with van der Waals surface area (Å²) in [4.78, 5) is 12.8. The van der Waals surface area contributed by atoms with Gasteiger partial charge in [-0.15, -0.1) is 11.8 Å². The highest BCUT2D eigenvalue weighted by Gasteiger charge is 2.46. The first-order valence-electron chi connectivity index (χ1n) is 7.46. The first-order chi connectivity index (χ1) is 10.1. The van der Waals surface area contributed by atoms with Crippen LogP contribution in [0.25, 0.3) is 0 Å². The second-order valence-corrected chi connectivity index (χ2v) is 8.82. The lowest BCUT2D eigenvalue weighted by atomic mass is 10.0. The molecule has 0 amide bonds. The van der Waals surface area contributed by atoms with Crippen LogP contribution in [0.5, 0.6) is 0 Å². The maximum absolute atomic E-state index is 12.8. The molecule has 0 aromatic heterocycles. The fourth-order valence-corrected chi connectivity index (χ4v) is 6.43. The molecular weight excluding hydrogens is 302 g/mol. The quantitative estimate of drug-likeness (QED) is 0.872. The number of carbonyl (C=O) groups excluding carboxylic acids is 1. The first-order valence-corrected chi connectivity index (χ1v) is 9.76. The number of ketones is 1. The van der Waals surface area contributed by atoms with Gasteiger partial charge in [0.05, 0.1) is 0 Å². The number of para-hydroxylation sites is 1. The number of anilines is 1. The minimum atomic E-state index is -1.05. The molecule has 0 saturated carbocycles. The van der Waals surface area contributed by atoms with Crippen molar-refractivity contribution in [2.24, 2.45) is 5.92 Å². The van der Waals surface area contributed by atoms with Crippen LogP contribution < -0.4 is 5.32 Å². The Bertz CT molecular complexity index is 506. The molecule has 1 N–H and O–H groups in total. The van der Waals surface area contributed by atoms with Crippen molar-refractivity contribution in [2.75, 3.05) is 23.4 Å². The van der Waals surface area contributed by atoms with Gasteiger partial charge in [-0.3, -0.25) is 9.00 Å².